The molecule has 7 nitrogen and oxygen atoms in total. The molecule has 1 saturated heterocycles. The lowest BCUT2D eigenvalue weighted by Crippen LogP contribution is -2.24. The molecule has 2 heterocycles. The molecule has 1 aliphatic rings. The van der Waals surface area contributed by atoms with Gasteiger partial charge in [-0.3, -0.25) is 14.9 Å². The third-order valence-corrected chi connectivity index (χ3v) is 4.36. The minimum Gasteiger partial charge on any atom is -0.407 e. The van der Waals surface area contributed by atoms with Crippen LogP contribution in [0.2, 0.25) is 0 Å². The Labute approximate surface area is 158 Å². The summed E-state index contributed by atoms with van der Waals surface area (Å²) in [6.07, 6.45) is 0.150. The number of hydrogen-bond donors (Lipinski definition) is 1. The summed E-state index contributed by atoms with van der Waals surface area (Å²) in [4.78, 5) is 25.9. The second-order valence-corrected chi connectivity index (χ2v) is 6.29. The first-order chi connectivity index (χ1) is 13.5. The molecule has 1 aliphatic heterocycles. The molecule has 28 heavy (non-hydrogen) atoms. The van der Waals surface area contributed by atoms with Crippen molar-refractivity contribution < 1.29 is 22.8 Å². The van der Waals surface area contributed by atoms with Gasteiger partial charge >= 0.3 is 6.01 Å². The van der Waals surface area contributed by atoms with E-state index in [1.54, 1.807) is 0 Å². The molecule has 1 atom stereocenters. The number of nitrogens with one attached hydrogen (secondary N) is 1. The zero-order chi connectivity index (χ0) is 19.7. The number of hydrogen-bond acceptors (Lipinski definition) is 5. The molecule has 0 aliphatic carbocycles. The number of aromatic nitrogens is 2. The van der Waals surface area contributed by atoms with Gasteiger partial charge in [-0.2, -0.15) is 0 Å². The highest BCUT2D eigenvalue weighted by atomic mass is 19.1. The average Bonchev–Trinajstić information content (AvgIpc) is 3.29. The third-order valence-electron chi connectivity index (χ3n) is 4.36. The quantitative estimate of drug-likeness (QED) is 0.747. The maximum atomic E-state index is 13.2. The van der Waals surface area contributed by atoms with E-state index < -0.39 is 11.7 Å². The average molecular weight is 384 g/mol. The van der Waals surface area contributed by atoms with Crippen LogP contribution in [0.3, 0.4) is 0 Å². The van der Waals surface area contributed by atoms with Crippen LogP contribution in [-0.2, 0) is 4.79 Å². The van der Waals surface area contributed by atoms with Gasteiger partial charge in [-0.15, -0.1) is 5.10 Å². The van der Waals surface area contributed by atoms with E-state index in [-0.39, 0.29) is 41.5 Å². The van der Waals surface area contributed by atoms with Gasteiger partial charge in [0.1, 0.15) is 11.6 Å². The third kappa shape index (κ3) is 3.59. The molecule has 1 N–H and O–H groups in total. The summed E-state index contributed by atoms with van der Waals surface area (Å²) in [6, 6.07) is 10.6. The molecule has 0 saturated carbocycles. The smallest absolute Gasteiger partial charge is 0.322 e. The molecule has 142 valence electrons. The zero-order valence-corrected chi connectivity index (χ0v) is 14.4. The van der Waals surface area contributed by atoms with Gasteiger partial charge in [-0.05, 0) is 42.5 Å². The monoisotopic (exact) mass is 384 g/mol. The molecule has 0 radical (unpaired) electrons. The van der Waals surface area contributed by atoms with E-state index in [0.717, 1.165) is 6.07 Å². The molecule has 2 aromatic carbocycles. The highest BCUT2D eigenvalue weighted by Crippen LogP contribution is 2.31. The van der Waals surface area contributed by atoms with Crippen molar-refractivity contribution in [3.8, 4) is 0 Å². The number of benzene rings is 2. The van der Waals surface area contributed by atoms with E-state index in [1.807, 2.05) is 0 Å². The minimum absolute atomic E-state index is 0.110. The van der Waals surface area contributed by atoms with Crippen LogP contribution in [0.4, 0.5) is 20.5 Å². The number of anilines is 2. The number of nitrogens with zero attached hydrogens (tertiary/aromatic N) is 3. The van der Waals surface area contributed by atoms with Crippen LogP contribution in [0.25, 0.3) is 0 Å². The molecule has 3 aromatic rings. The lowest BCUT2D eigenvalue weighted by molar-refractivity contribution is -0.117. The van der Waals surface area contributed by atoms with Gasteiger partial charge in [0.25, 0.3) is 5.91 Å². The predicted molar refractivity (Wildman–Crippen MR) is 94.8 cm³/mol. The summed E-state index contributed by atoms with van der Waals surface area (Å²) in [5.74, 6) is -1.82. The summed E-state index contributed by atoms with van der Waals surface area (Å²) in [7, 11) is 0. The topological polar surface area (TPSA) is 88.3 Å². The molecule has 4 rings (SSSR count). The maximum Gasteiger partial charge on any atom is 0.322 e. The zero-order valence-electron chi connectivity index (χ0n) is 14.4. The Hall–Kier alpha value is -3.62. The summed E-state index contributed by atoms with van der Waals surface area (Å²) >= 11 is 0. The van der Waals surface area contributed by atoms with Crippen molar-refractivity contribution in [2.45, 2.75) is 12.3 Å². The number of amides is 2. The highest BCUT2D eigenvalue weighted by molar-refractivity contribution is 6.03. The van der Waals surface area contributed by atoms with E-state index in [2.05, 4.69) is 15.5 Å². The predicted octanol–water partition coefficient (Wildman–Crippen LogP) is 3.12. The second-order valence-electron chi connectivity index (χ2n) is 6.29. The van der Waals surface area contributed by atoms with Crippen molar-refractivity contribution in [3.63, 3.8) is 0 Å². The van der Waals surface area contributed by atoms with Gasteiger partial charge in [-0.25, -0.2) is 8.78 Å². The number of halogens is 2. The summed E-state index contributed by atoms with van der Waals surface area (Å²) < 4.78 is 31.7. The molecule has 9 heteroatoms. The molecule has 0 bridgehead atoms. The van der Waals surface area contributed by atoms with E-state index in [1.165, 1.54) is 47.4 Å². The largest absolute Gasteiger partial charge is 0.407 e. The van der Waals surface area contributed by atoms with Gasteiger partial charge in [-0.1, -0.05) is 11.2 Å². The van der Waals surface area contributed by atoms with E-state index in [0.29, 0.717) is 12.2 Å². The molecule has 2 amide bonds. The van der Waals surface area contributed by atoms with Crippen LogP contribution in [0.15, 0.2) is 52.9 Å². The van der Waals surface area contributed by atoms with Crippen LogP contribution >= 0.6 is 0 Å². The Bertz CT molecular complexity index is 1040. The fraction of sp³-hybridized carbons (Fsp3) is 0.158. The Morgan fingerprint density at radius 2 is 1.89 bits per heavy atom. The second kappa shape index (κ2) is 7.18. The van der Waals surface area contributed by atoms with Gasteiger partial charge in [0.05, 0.1) is 5.92 Å². The summed E-state index contributed by atoms with van der Waals surface area (Å²) in [5.41, 5.74) is 0.686. The fourth-order valence-corrected chi connectivity index (χ4v) is 2.99. The number of rotatable bonds is 4. The summed E-state index contributed by atoms with van der Waals surface area (Å²) in [5, 5.41) is 10.1. The van der Waals surface area contributed by atoms with Crippen molar-refractivity contribution in [1.29, 1.82) is 0 Å². The van der Waals surface area contributed by atoms with Crippen molar-refractivity contribution >= 4 is 23.5 Å². The molecular weight excluding hydrogens is 370 g/mol. The molecule has 1 fully saturated rings. The van der Waals surface area contributed by atoms with E-state index >= 15 is 0 Å². The van der Waals surface area contributed by atoms with Crippen LogP contribution in [0.5, 0.6) is 0 Å². The van der Waals surface area contributed by atoms with Gasteiger partial charge < -0.3 is 9.32 Å². The maximum absolute atomic E-state index is 13.2. The Morgan fingerprint density at radius 1 is 1.11 bits per heavy atom. The highest BCUT2D eigenvalue weighted by Gasteiger charge is 2.35. The van der Waals surface area contributed by atoms with Crippen molar-refractivity contribution in [2.24, 2.45) is 0 Å². The first kappa shape index (κ1) is 17.8. The first-order valence-electron chi connectivity index (χ1n) is 8.46. The number of carbonyl (C=O) groups is 2. The van der Waals surface area contributed by atoms with Crippen molar-refractivity contribution in [3.05, 3.63) is 71.6 Å². The normalized spacial score (nSPS) is 16.4. The first-order valence-corrected chi connectivity index (χ1v) is 8.46. The number of carbonyl (C=O) groups excluding carboxylic acids is 2. The summed E-state index contributed by atoms with van der Waals surface area (Å²) in [6.45, 7) is 0.296. The van der Waals surface area contributed by atoms with Crippen LogP contribution in [0.1, 0.15) is 28.6 Å². The standard InChI is InChI=1S/C19H14F2N4O3/c20-13-4-6-15(7-5-13)25-10-12(9-16(25)26)18-23-24-19(28-18)22-17(27)11-2-1-3-14(21)8-11/h1-8,12H,9-10H2,(H,22,24,27)/t12-/m1/s1. The van der Waals surface area contributed by atoms with E-state index in [4.69, 9.17) is 4.42 Å². The minimum atomic E-state index is -0.592. The van der Waals surface area contributed by atoms with Crippen LogP contribution < -0.4 is 10.2 Å². The Kier molecular flexibility index (Phi) is 4.56. The molecule has 1 aromatic heterocycles. The Morgan fingerprint density at radius 3 is 2.64 bits per heavy atom. The SMILES string of the molecule is O=C(Nc1nnc([C@@H]2CC(=O)N(c3ccc(F)cc3)C2)o1)c1cccc(F)c1. The van der Waals surface area contributed by atoms with Gasteiger partial charge in [0.15, 0.2) is 0 Å². The van der Waals surface area contributed by atoms with E-state index in [9.17, 15) is 18.4 Å². The van der Waals surface area contributed by atoms with Crippen LogP contribution in [0, 0.1) is 11.6 Å². The van der Waals surface area contributed by atoms with Crippen LogP contribution in [-0.4, -0.2) is 28.6 Å². The lowest BCUT2D eigenvalue weighted by atomic mass is 10.1. The lowest BCUT2D eigenvalue weighted by Gasteiger charge is -2.15. The molecule has 0 spiro atoms. The Balaban J connectivity index is 1.45. The molecular formula is C19H14F2N4O3. The van der Waals surface area contributed by atoms with Crippen molar-refractivity contribution in [2.75, 3.05) is 16.8 Å². The van der Waals surface area contributed by atoms with Gasteiger partial charge in [0, 0.05) is 24.2 Å². The molecule has 0 unspecified atom stereocenters. The van der Waals surface area contributed by atoms with Gasteiger partial charge in [0.2, 0.25) is 11.8 Å². The fourth-order valence-electron chi connectivity index (χ4n) is 2.99. The van der Waals surface area contributed by atoms with Crippen molar-refractivity contribution in [1.82, 2.24) is 10.2 Å².